The van der Waals surface area contributed by atoms with Crippen molar-refractivity contribution >= 4 is 5.96 Å². The third kappa shape index (κ3) is 6.34. The fourth-order valence-corrected chi connectivity index (χ4v) is 4.18. The van der Waals surface area contributed by atoms with Gasteiger partial charge in [-0.25, -0.2) is 0 Å². The van der Waals surface area contributed by atoms with Crippen molar-refractivity contribution in [3.05, 3.63) is 29.8 Å². The Kier molecular flexibility index (Phi) is 8.62. The summed E-state index contributed by atoms with van der Waals surface area (Å²) in [5, 5.41) is 3.55. The number of ether oxygens (including phenoxy) is 3. The second-order valence-corrected chi connectivity index (χ2v) is 8.08. The highest BCUT2D eigenvalue weighted by Gasteiger charge is 2.24. The van der Waals surface area contributed by atoms with Gasteiger partial charge in [0.2, 0.25) is 0 Å². The van der Waals surface area contributed by atoms with E-state index in [0.29, 0.717) is 18.1 Å². The van der Waals surface area contributed by atoms with Crippen LogP contribution in [-0.2, 0) is 9.47 Å². The average molecular weight is 404 g/mol. The Balaban J connectivity index is 1.41. The highest BCUT2D eigenvalue weighted by Crippen LogP contribution is 2.25. The van der Waals surface area contributed by atoms with Gasteiger partial charge in [0.1, 0.15) is 5.75 Å². The van der Waals surface area contributed by atoms with E-state index >= 15 is 0 Å². The number of methoxy groups -OCH3 is 1. The first-order valence-corrected chi connectivity index (χ1v) is 11.0. The van der Waals surface area contributed by atoms with E-state index in [0.717, 1.165) is 63.8 Å². The molecular weight excluding hydrogens is 366 g/mol. The summed E-state index contributed by atoms with van der Waals surface area (Å²) in [4.78, 5) is 6.84. The Morgan fingerprint density at radius 3 is 2.72 bits per heavy atom. The molecule has 0 saturated carbocycles. The molecule has 6 nitrogen and oxygen atoms in total. The third-order valence-electron chi connectivity index (χ3n) is 5.98. The van der Waals surface area contributed by atoms with Crippen LogP contribution in [0.15, 0.2) is 29.3 Å². The second kappa shape index (κ2) is 11.4. The third-order valence-corrected chi connectivity index (χ3v) is 5.98. The molecule has 2 aliphatic heterocycles. The maximum absolute atomic E-state index is 6.14. The number of rotatable bonds is 7. The van der Waals surface area contributed by atoms with Gasteiger partial charge in [-0.05, 0) is 43.7 Å². The monoisotopic (exact) mass is 403 g/mol. The molecule has 2 heterocycles. The lowest BCUT2D eigenvalue weighted by Crippen LogP contribution is -2.48. The highest BCUT2D eigenvalue weighted by atomic mass is 16.5. The molecule has 1 N–H and O–H groups in total. The first-order chi connectivity index (χ1) is 14.2. The zero-order chi connectivity index (χ0) is 20.5. The Bertz CT molecular complexity index is 638. The van der Waals surface area contributed by atoms with Crippen LogP contribution in [0.3, 0.4) is 0 Å². The SMILES string of the molecule is CN=C(NCC(C)c1ccccc1OC)N1CCC(OCC2CCCCO2)CC1. The van der Waals surface area contributed by atoms with Gasteiger partial charge in [-0.1, -0.05) is 25.1 Å². The van der Waals surface area contributed by atoms with Crippen LogP contribution in [0.4, 0.5) is 0 Å². The normalized spacial score (nSPS) is 22.4. The number of likely N-dealkylation sites (tertiary alicyclic amines) is 1. The van der Waals surface area contributed by atoms with Crippen LogP contribution in [0.2, 0.25) is 0 Å². The maximum Gasteiger partial charge on any atom is 0.193 e. The molecule has 2 atom stereocenters. The summed E-state index contributed by atoms with van der Waals surface area (Å²) >= 11 is 0. The van der Waals surface area contributed by atoms with Gasteiger partial charge >= 0.3 is 0 Å². The van der Waals surface area contributed by atoms with E-state index in [1.54, 1.807) is 7.11 Å². The second-order valence-electron chi connectivity index (χ2n) is 8.08. The molecule has 0 amide bonds. The van der Waals surface area contributed by atoms with Gasteiger partial charge in [0.15, 0.2) is 5.96 Å². The van der Waals surface area contributed by atoms with Gasteiger partial charge in [0.25, 0.3) is 0 Å². The van der Waals surface area contributed by atoms with E-state index in [1.807, 2.05) is 19.2 Å². The highest BCUT2D eigenvalue weighted by molar-refractivity contribution is 5.80. The zero-order valence-electron chi connectivity index (χ0n) is 18.2. The van der Waals surface area contributed by atoms with Crippen molar-refractivity contribution in [3.63, 3.8) is 0 Å². The number of para-hydroxylation sites is 1. The number of nitrogens with one attached hydrogen (secondary N) is 1. The Morgan fingerprint density at radius 1 is 1.24 bits per heavy atom. The Morgan fingerprint density at radius 2 is 2.03 bits per heavy atom. The molecule has 29 heavy (non-hydrogen) atoms. The minimum absolute atomic E-state index is 0.299. The molecule has 6 heteroatoms. The lowest BCUT2D eigenvalue weighted by Gasteiger charge is -2.35. The molecule has 2 aliphatic rings. The number of benzene rings is 1. The summed E-state index contributed by atoms with van der Waals surface area (Å²) in [6.45, 7) is 6.61. The largest absolute Gasteiger partial charge is 0.496 e. The molecule has 0 aliphatic carbocycles. The van der Waals surface area contributed by atoms with Crippen LogP contribution in [0.1, 0.15) is 50.5 Å². The fourth-order valence-electron chi connectivity index (χ4n) is 4.18. The van der Waals surface area contributed by atoms with Crippen molar-refractivity contribution in [1.82, 2.24) is 10.2 Å². The maximum atomic E-state index is 6.14. The lowest BCUT2D eigenvalue weighted by atomic mass is 10.00. The van der Waals surface area contributed by atoms with Crippen molar-refractivity contribution in [1.29, 1.82) is 0 Å². The van der Waals surface area contributed by atoms with E-state index < -0.39 is 0 Å². The molecule has 1 aromatic rings. The van der Waals surface area contributed by atoms with E-state index in [-0.39, 0.29) is 0 Å². The number of piperidine rings is 1. The van der Waals surface area contributed by atoms with Gasteiger partial charge in [0.05, 0.1) is 25.9 Å². The van der Waals surface area contributed by atoms with Crippen molar-refractivity contribution in [2.45, 2.75) is 57.2 Å². The topological polar surface area (TPSA) is 55.3 Å². The van der Waals surface area contributed by atoms with Crippen molar-refractivity contribution in [2.75, 3.05) is 47.0 Å². The van der Waals surface area contributed by atoms with Crippen LogP contribution in [-0.4, -0.2) is 70.1 Å². The van der Waals surface area contributed by atoms with Crippen molar-refractivity contribution < 1.29 is 14.2 Å². The van der Waals surface area contributed by atoms with Crippen molar-refractivity contribution in [2.24, 2.45) is 4.99 Å². The number of hydrogen-bond donors (Lipinski definition) is 1. The quantitative estimate of drug-likeness (QED) is 0.558. The van der Waals surface area contributed by atoms with Crippen LogP contribution in [0.5, 0.6) is 5.75 Å². The molecule has 0 radical (unpaired) electrons. The zero-order valence-corrected chi connectivity index (χ0v) is 18.2. The van der Waals surface area contributed by atoms with Crippen molar-refractivity contribution in [3.8, 4) is 5.75 Å². The van der Waals surface area contributed by atoms with E-state index in [9.17, 15) is 0 Å². The van der Waals surface area contributed by atoms with Crippen LogP contribution >= 0.6 is 0 Å². The smallest absolute Gasteiger partial charge is 0.193 e. The summed E-state index contributed by atoms with van der Waals surface area (Å²) in [6.07, 6.45) is 6.30. The number of guanidine groups is 1. The van der Waals surface area contributed by atoms with Gasteiger partial charge < -0.3 is 24.4 Å². The molecule has 0 spiro atoms. The number of aliphatic imine (C=N–C) groups is 1. The summed E-state index contributed by atoms with van der Waals surface area (Å²) in [6, 6.07) is 8.22. The predicted molar refractivity (Wildman–Crippen MR) is 117 cm³/mol. The van der Waals surface area contributed by atoms with Gasteiger partial charge in [-0.3, -0.25) is 4.99 Å². The standard InChI is InChI=1S/C23H37N3O3/c1-18(21-9-4-5-10-22(21)27-3)16-25-23(24-2)26-13-11-19(12-14-26)29-17-20-8-6-7-15-28-20/h4-5,9-10,18-20H,6-8,11-17H2,1-3H3,(H,24,25). The summed E-state index contributed by atoms with van der Waals surface area (Å²) in [5.41, 5.74) is 1.22. The molecule has 162 valence electrons. The van der Waals surface area contributed by atoms with Crippen LogP contribution in [0, 0.1) is 0 Å². The average Bonchev–Trinajstić information content (AvgIpc) is 2.79. The molecule has 1 aromatic carbocycles. The molecular formula is C23H37N3O3. The Hall–Kier alpha value is -1.79. The van der Waals surface area contributed by atoms with E-state index in [2.05, 4.69) is 34.3 Å². The number of hydrogen-bond acceptors (Lipinski definition) is 4. The summed E-state index contributed by atoms with van der Waals surface area (Å²) in [5.74, 6) is 2.25. The van der Waals surface area contributed by atoms with Gasteiger partial charge in [-0.2, -0.15) is 0 Å². The summed E-state index contributed by atoms with van der Waals surface area (Å²) in [7, 11) is 3.59. The molecule has 2 unspecified atom stereocenters. The molecule has 3 rings (SSSR count). The van der Waals surface area contributed by atoms with E-state index in [4.69, 9.17) is 14.2 Å². The molecule has 0 aromatic heterocycles. The predicted octanol–water partition coefficient (Wildman–Crippen LogP) is 3.42. The summed E-state index contributed by atoms with van der Waals surface area (Å²) < 4.78 is 17.4. The van der Waals surface area contributed by atoms with Gasteiger partial charge in [-0.15, -0.1) is 0 Å². The first-order valence-electron chi connectivity index (χ1n) is 11.0. The van der Waals surface area contributed by atoms with E-state index in [1.165, 1.54) is 18.4 Å². The van der Waals surface area contributed by atoms with Crippen LogP contribution in [0.25, 0.3) is 0 Å². The van der Waals surface area contributed by atoms with Gasteiger partial charge in [0, 0.05) is 39.2 Å². The fraction of sp³-hybridized carbons (Fsp3) is 0.696. The first kappa shape index (κ1) is 21.9. The molecule has 2 fully saturated rings. The molecule has 0 bridgehead atoms. The molecule has 2 saturated heterocycles. The Labute approximate surface area is 175 Å². The lowest BCUT2D eigenvalue weighted by molar-refractivity contribution is -0.0721. The number of nitrogens with zero attached hydrogens (tertiary/aromatic N) is 2. The minimum Gasteiger partial charge on any atom is -0.496 e. The minimum atomic E-state index is 0.299. The van der Waals surface area contributed by atoms with Crippen LogP contribution < -0.4 is 10.1 Å².